The number of anilines is 1. The van der Waals surface area contributed by atoms with Gasteiger partial charge in [0, 0.05) is 11.1 Å². The van der Waals surface area contributed by atoms with Crippen molar-refractivity contribution in [2.75, 3.05) is 5.73 Å². The Hall–Kier alpha value is -1.50. The highest BCUT2D eigenvalue weighted by atomic mass is 14.5. The minimum atomic E-state index is 0.833. The minimum absolute atomic E-state index is 0.833. The van der Waals surface area contributed by atoms with Gasteiger partial charge in [0.05, 0.1) is 0 Å². The number of fused-ring (bicyclic) bond motifs is 1. The molecular weight excluding hydrogens is 182 g/mol. The second kappa shape index (κ2) is 5.40. The summed E-state index contributed by atoms with van der Waals surface area (Å²) in [6.45, 7) is 6.50. The van der Waals surface area contributed by atoms with E-state index in [1.54, 1.807) is 0 Å². The van der Waals surface area contributed by atoms with Gasteiger partial charge in [-0.2, -0.15) is 0 Å². The summed E-state index contributed by atoms with van der Waals surface area (Å²) in [6, 6.07) is 14.1. The molecule has 0 radical (unpaired) electrons. The molecule has 2 rings (SSSR count). The maximum Gasteiger partial charge on any atom is 0.0393 e. The zero-order chi connectivity index (χ0) is 11.3. The van der Waals surface area contributed by atoms with E-state index < -0.39 is 0 Å². The van der Waals surface area contributed by atoms with Crippen molar-refractivity contribution in [3.8, 4) is 0 Å². The minimum Gasteiger partial charge on any atom is -0.398 e. The predicted molar refractivity (Wildman–Crippen MR) is 68.9 cm³/mol. The van der Waals surface area contributed by atoms with E-state index in [9.17, 15) is 0 Å². The molecule has 0 amide bonds. The van der Waals surface area contributed by atoms with Gasteiger partial charge in [-0.05, 0) is 17.4 Å². The summed E-state index contributed by atoms with van der Waals surface area (Å²) < 4.78 is 0. The average Bonchev–Trinajstić information content (AvgIpc) is 2.18. The van der Waals surface area contributed by atoms with Crippen molar-refractivity contribution in [1.82, 2.24) is 0 Å². The molecule has 0 saturated heterocycles. The molecule has 0 aliphatic carbocycles. The van der Waals surface area contributed by atoms with Crippen molar-refractivity contribution < 1.29 is 0 Å². The second-order valence-corrected chi connectivity index (χ2v) is 4.30. The molecule has 0 heterocycles. The molecule has 0 fully saturated rings. The number of rotatable bonds is 0. The third kappa shape index (κ3) is 3.62. The average molecular weight is 201 g/mol. The van der Waals surface area contributed by atoms with Crippen LogP contribution in [0.3, 0.4) is 0 Å². The fraction of sp³-hybridized carbons (Fsp3) is 0.286. The summed E-state index contributed by atoms with van der Waals surface area (Å²) in [7, 11) is 0. The maximum atomic E-state index is 5.76. The first-order valence-corrected chi connectivity index (χ1v) is 5.34. The Balaban J connectivity index is 0.000000245. The predicted octanol–water partition coefficient (Wildman–Crippen LogP) is 4.08. The summed E-state index contributed by atoms with van der Waals surface area (Å²) in [5.74, 6) is 0.833. The van der Waals surface area contributed by atoms with Crippen LogP contribution in [-0.4, -0.2) is 0 Å². The van der Waals surface area contributed by atoms with Crippen molar-refractivity contribution in [2.24, 2.45) is 5.92 Å². The first-order valence-electron chi connectivity index (χ1n) is 5.34. The van der Waals surface area contributed by atoms with Gasteiger partial charge >= 0.3 is 0 Å². The standard InChI is InChI=1S/C10H9N.C4H10/c11-10-7-3-5-8-4-1-2-6-9(8)10;1-4(2)3/h1-7H,11H2;4H,1-3H3. The number of hydrogen-bond donors (Lipinski definition) is 1. The fourth-order valence-corrected chi connectivity index (χ4v) is 1.25. The molecule has 0 aromatic heterocycles. The molecule has 15 heavy (non-hydrogen) atoms. The lowest BCUT2D eigenvalue weighted by Crippen LogP contribution is -1.84. The molecule has 0 aliphatic heterocycles. The molecule has 2 aromatic rings. The molecular formula is C14H19N. The summed E-state index contributed by atoms with van der Waals surface area (Å²) in [5, 5.41) is 2.34. The van der Waals surface area contributed by atoms with E-state index >= 15 is 0 Å². The molecule has 0 saturated carbocycles. The van der Waals surface area contributed by atoms with Gasteiger partial charge in [0.15, 0.2) is 0 Å². The zero-order valence-electron chi connectivity index (χ0n) is 9.70. The fourth-order valence-electron chi connectivity index (χ4n) is 1.25. The van der Waals surface area contributed by atoms with Gasteiger partial charge in [-0.25, -0.2) is 0 Å². The quantitative estimate of drug-likeness (QED) is 0.638. The molecule has 0 bridgehead atoms. The molecule has 1 nitrogen and oxygen atoms in total. The first-order chi connectivity index (χ1) is 7.11. The lowest BCUT2D eigenvalue weighted by molar-refractivity contribution is 0.737. The highest BCUT2D eigenvalue weighted by molar-refractivity contribution is 5.92. The van der Waals surface area contributed by atoms with E-state index in [0.717, 1.165) is 17.0 Å². The van der Waals surface area contributed by atoms with E-state index in [0.29, 0.717) is 0 Å². The summed E-state index contributed by atoms with van der Waals surface area (Å²) in [6.07, 6.45) is 0. The van der Waals surface area contributed by atoms with Crippen LogP contribution in [0.1, 0.15) is 20.8 Å². The van der Waals surface area contributed by atoms with Crippen molar-refractivity contribution in [3.63, 3.8) is 0 Å². The molecule has 80 valence electrons. The SMILES string of the molecule is CC(C)C.Nc1cccc2ccccc12. The maximum absolute atomic E-state index is 5.76. The Bertz CT molecular complexity index is 410. The van der Waals surface area contributed by atoms with Gasteiger partial charge in [0.2, 0.25) is 0 Å². The largest absolute Gasteiger partial charge is 0.398 e. The van der Waals surface area contributed by atoms with Gasteiger partial charge in [0.1, 0.15) is 0 Å². The highest BCUT2D eigenvalue weighted by Crippen LogP contribution is 2.19. The molecule has 1 heteroatoms. The zero-order valence-corrected chi connectivity index (χ0v) is 9.70. The topological polar surface area (TPSA) is 26.0 Å². The monoisotopic (exact) mass is 201 g/mol. The summed E-state index contributed by atoms with van der Waals surface area (Å²) >= 11 is 0. The van der Waals surface area contributed by atoms with Gasteiger partial charge in [-0.15, -0.1) is 0 Å². The lowest BCUT2D eigenvalue weighted by Gasteiger charge is -1.98. The Morgan fingerprint density at radius 2 is 1.40 bits per heavy atom. The van der Waals surface area contributed by atoms with Crippen LogP contribution in [0.4, 0.5) is 5.69 Å². The van der Waals surface area contributed by atoms with Crippen LogP contribution < -0.4 is 5.73 Å². The molecule has 0 spiro atoms. The van der Waals surface area contributed by atoms with E-state index in [-0.39, 0.29) is 0 Å². The lowest BCUT2D eigenvalue weighted by atomic mass is 10.1. The highest BCUT2D eigenvalue weighted by Gasteiger charge is 1.92. The number of nitrogen functional groups attached to an aromatic ring is 1. The van der Waals surface area contributed by atoms with Crippen molar-refractivity contribution in [3.05, 3.63) is 42.5 Å². The smallest absolute Gasteiger partial charge is 0.0393 e. The van der Waals surface area contributed by atoms with Crippen LogP contribution in [0, 0.1) is 5.92 Å². The summed E-state index contributed by atoms with van der Waals surface area (Å²) in [5.41, 5.74) is 6.61. The van der Waals surface area contributed by atoms with Gasteiger partial charge < -0.3 is 5.73 Å². The Morgan fingerprint density at radius 3 is 2.00 bits per heavy atom. The van der Waals surface area contributed by atoms with Gasteiger partial charge in [-0.1, -0.05) is 57.2 Å². The van der Waals surface area contributed by atoms with E-state index in [4.69, 9.17) is 5.73 Å². The third-order valence-electron chi connectivity index (χ3n) is 1.82. The second-order valence-electron chi connectivity index (χ2n) is 4.30. The van der Waals surface area contributed by atoms with Crippen LogP contribution in [0.2, 0.25) is 0 Å². The number of nitrogens with two attached hydrogens (primary N) is 1. The van der Waals surface area contributed by atoms with Gasteiger partial charge in [0.25, 0.3) is 0 Å². The van der Waals surface area contributed by atoms with Crippen LogP contribution in [0.15, 0.2) is 42.5 Å². The van der Waals surface area contributed by atoms with E-state index in [1.807, 2.05) is 30.3 Å². The van der Waals surface area contributed by atoms with Crippen molar-refractivity contribution in [1.29, 1.82) is 0 Å². The van der Waals surface area contributed by atoms with Crippen LogP contribution in [0.5, 0.6) is 0 Å². The first kappa shape index (κ1) is 11.6. The number of benzene rings is 2. The van der Waals surface area contributed by atoms with Crippen LogP contribution in [-0.2, 0) is 0 Å². The molecule has 2 N–H and O–H groups in total. The molecule has 2 aromatic carbocycles. The Labute approximate surface area is 91.9 Å². The van der Waals surface area contributed by atoms with Crippen LogP contribution >= 0.6 is 0 Å². The Kier molecular flexibility index (Phi) is 4.17. The molecule has 0 atom stereocenters. The number of hydrogen-bond acceptors (Lipinski definition) is 1. The molecule has 0 unspecified atom stereocenters. The molecule has 0 aliphatic rings. The summed E-state index contributed by atoms with van der Waals surface area (Å²) in [4.78, 5) is 0. The normalized spacial score (nSPS) is 9.87. The van der Waals surface area contributed by atoms with E-state index in [1.165, 1.54) is 5.39 Å². The van der Waals surface area contributed by atoms with Crippen molar-refractivity contribution >= 4 is 16.5 Å². The van der Waals surface area contributed by atoms with E-state index in [2.05, 4.69) is 32.9 Å². The third-order valence-corrected chi connectivity index (χ3v) is 1.82. The van der Waals surface area contributed by atoms with Crippen LogP contribution in [0.25, 0.3) is 10.8 Å². The van der Waals surface area contributed by atoms with Crippen molar-refractivity contribution in [2.45, 2.75) is 20.8 Å². The Morgan fingerprint density at radius 1 is 0.867 bits per heavy atom. The van der Waals surface area contributed by atoms with Gasteiger partial charge in [-0.3, -0.25) is 0 Å².